The number of hydrogen-bond acceptors (Lipinski definition) is 7. The van der Waals surface area contributed by atoms with Crippen LogP contribution in [0.4, 0.5) is 4.79 Å². The third-order valence-corrected chi connectivity index (χ3v) is 9.33. The maximum Gasteiger partial charge on any atom is 0.410 e. The SMILES string of the molecule is CCOC(CN(Cc1cccc2cccnc12)C(=O)C(Cc1ccc(OC(C)(C)C)cc1)N(C(=O)OC)C1c2ccccc2-c2ccccc21)OCC. The van der Waals surface area contributed by atoms with Gasteiger partial charge in [0.15, 0.2) is 6.29 Å². The summed E-state index contributed by atoms with van der Waals surface area (Å²) in [5.74, 6) is 0.443. The second kappa shape index (κ2) is 16.6. The molecule has 1 unspecified atom stereocenters. The van der Waals surface area contributed by atoms with Gasteiger partial charge in [-0.1, -0.05) is 84.9 Å². The van der Waals surface area contributed by atoms with Crippen molar-refractivity contribution in [3.63, 3.8) is 0 Å². The summed E-state index contributed by atoms with van der Waals surface area (Å²) in [5, 5.41) is 0.966. The Kier molecular flexibility index (Phi) is 11.8. The number of methoxy groups -OCH3 is 1. The Labute approximate surface area is 312 Å². The van der Waals surface area contributed by atoms with Crippen molar-refractivity contribution in [3.05, 3.63) is 132 Å². The predicted molar refractivity (Wildman–Crippen MR) is 206 cm³/mol. The summed E-state index contributed by atoms with van der Waals surface area (Å²) < 4.78 is 23.7. The second-order valence-electron chi connectivity index (χ2n) is 14.1. The molecule has 0 aliphatic heterocycles. The van der Waals surface area contributed by atoms with E-state index in [9.17, 15) is 4.79 Å². The van der Waals surface area contributed by atoms with Gasteiger partial charge in [0.25, 0.3) is 0 Å². The molecule has 0 radical (unpaired) electrons. The van der Waals surface area contributed by atoms with Gasteiger partial charge in [0.1, 0.15) is 17.4 Å². The van der Waals surface area contributed by atoms with Crippen molar-refractivity contribution in [1.82, 2.24) is 14.8 Å². The van der Waals surface area contributed by atoms with Crippen molar-refractivity contribution < 1.29 is 28.5 Å². The summed E-state index contributed by atoms with van der Waals surface area (Å²) in [6.07, 6.45) is 0.671. The van der Waals surface area contributed by atoms with Gasteiger partial charge in [0.05, 0.1) is 25.2 Å². The average Bonchev–Trinajstić information content (AvgIpc) is 3.48. The highest BCUT2D eigenvalue weighted by atomic mass is 16.7. The zero-order chi connectivity index (χ0) is 37.5. The van der Waals surface area contributed by atoms with E-state index in [1.807, 2.05) is 126 Å². The van der Waals surface area contributed by atoms with Crippen molar-refractivity contribution in [2.75, 3.05) is 26.9 Å². The first kappa shape index (κ1) is 37.5. The molecule has 53 heavy (non-hydrogen) atoms. The van der Waals surface area contributed by atoms with Crippen molar-refractivity contribution in [2.24, 2.45) is 0 Å². The van der Waals surface area contributed by atoms with Crippen LogP contribution in [0.25, 0.3) is 22.0 Å². The molecule has 4 aromatic carbocycles. The summed E-state index contributed by atoms with van der Waals surface area (Å²) in [6, 6.07) is 32.1. The van der Waals surface area contributed by atoms with E-state index >= 15 is 4.79 Å². The van der Waals surface area contributed by atoms with Crippen LogP contribution in [0.3, 0.4) is 0 Å². The van der Waals surface area contributed by atoms with Crippen LogP contribution in [-0.2, 0) is 32.0 Å². The van der Waals surface area contributed by atoms with Gasteiger partial charge in [-0.2, -0.15) is 0 Å². The zero-order valence-electron chi connectivity index (χ0n) is 31.5. The fourth-order valence-corrected chi connectivity index (χ4v) is 7.17. The molecule has 0 saturated carbocycles. The maximum absolute atomic E-state index is 15.5. The van der Waals surface area contributed by atoms with E-state index in [-0.39, 0.29) is 31.0 Å². The lowest BCUT2D eigenvalue weighted by molar-refractivity contribution is -0.162. The van der Waals surface area contributed by atoms with E-state index in [0.717, 1.165) is 44.3 Å². The number of benzene rings is 4. The van der Waals surface area contributed by atoms with Gasteiger partial charge in [-0.15, -0.1) is 0 Å². The molecule has 1 atom stereocenters. The molecule has 0 spiro atoms. The van der Waals surface area contributed by atoms with Crippen molar-refractivity contribution >= 4 is 22.9 Å². The molecule has 5 aromatic rings. The number of aromatic nitrogens is 1. The second-order valence-corrected chi connectivity index (χ2v) is 14.1. The first-order chi connectivity index (χ1) is 25.6. The number of nitrogens with zero attached hydrogens (tertiary/aromatic N) is 3. The van der Waals surface area contributed by atoms with Crippen LogP contribution in [0.5, 0.6) is 5.75 Å². The molecule has 1 aromatic heterocycles. The normalized spacial score (nSPS) is 13.0. The van der Waals surface area contributed by atoms with E-state index in [1.165, 1.54) is 7.11 Å². The molecule has 0 bridgehead atoms. The van der Waals surface area contributed by atoms with Gasteiger partial charge in [-0.25, -0.2) is 4.79 Å². The fraction of sp³-hybridized carbons (Fsp3) is 0.341. The van der Waals surface area contributed by atoms with Gasteiger partial charge in [0, 0.05) is 37.8 Å². The third kappa shape index (κ3) is 8.53. The Morgan fingerprint density at radius 3 is 2.02 bits per heavy atom. The quantitative estimate of drug-likeness (QED) is 0.106. The first-order valence-corrected chi connectivity index (χ1v) is 18.3. The lowest BCUT2D eigenvalue weighted by atomic mass is 9.97. The number of carbonyl (C=O) groups is 2. The van der Waals surface area contributed by atoms with Crippen molar-refractivity contribution in [3.8, 4) is 16.9 Å². The van der Waals surface area contributed by atoms with Crippen LogP contribution in [0.15, 0.2) is 109 Å². The Morgan fingerprint density at radius 2 is 1.42 bits per heavy atom. The number of rotatable bonds is 14. The number of ether oxygens (including phenoxy) is 4. The van der Waals surface area contributed by atoms with Crippen LogP contribution < -0.4 is 4.74 Å². The molecule has 2 amide bonds. The molecule has 1 aliphatic carbocycles. The molecule has 0 saturated heterocycles. The maximum atomic E-state index is 15.5. The summed E-state index contributed by atoms with van der Waals surface area (Å²) in [5.41, 5.74) is 6.04. The van der Waals surface area contributed by atoms with Gasteiger partial charge >= 0.3 is 6.09 Å². The number of amides is 2. The first-order valence-electron chi connectivity index (χ1n) is 18.3. The number of fused-ring (bicyclic) bond motifs is 4. The van der Waals surface area contributed by atoms with E-state index in [1.54, 1.807) is 16.0 Å². The highest BCUT2D eigenvalue weighted by molar-refractivity contribution is 5.89. The average molecular weight is 716 g/mol. The number of carbonyl (C=O) groups excluding carboxylic acids is 2. The van der Waals surface area contributed by atoms with E-state index in [4.69, 9.17) is 18.9 Å². The largest absolute Gasteiger partial charge is 0.488 e. The molecule has 0 N–H and O–H groups in total. The molecular formula is C44H49N3O6. The Hall–Kier alpha value is -5.25. The highest BCUT2D eigenvalue weighted by Gasteiger charge is 2.44. The van der Waals surface area contributed by atoms with Gasteiger partial charge in [-0.05, 0) is 86.2 Å². The highest BCUT2D eigenvalue weighted by Crippen LogP contribution is 2.47. The summed E-state index contributed by atoms with van der Waals surface area (Å²) in [6.45, 7) is 10.9. The van der Waals surface area contributed by atoms with Crippen LogP contribution >= 0.6 is 0 Å². The molecule has 1 heterocycles. The third-order valence-electron chi connectivity index (χ3n) is 9.33. The van der Waals surface area contributed by atoms with Gasteiger partial charge < -0.3 is 23.8 Å². The number of pyridine rings is 1. The number of para-hydroxylation sites is 1. The van der Waals surface area contributed by atoms with Gasteiger partial charge in [-0.3, -0.25) is 14.7 Å². The smallest absolute Gasteiger partial charge is 0.410 e. The lowest BCUT2D eigenvalue weighted by Gasteiger charge is -2.39. The predicted octanol–water partition coefficient (Wildman–Crippen LogP) is 8.59. The number of hydrogen-bond donors (Lipinski definition) is 0. The molecule has 276 valence electrons. The van der Waals surface area contributed by atoms with E-state index in [2.05, 4.69) is 17.1 Å². The van der Waals surface area contributed by atoms with E-state index < -0.39 is 24.5 Å². The monoisotopic (exact) mass is 715 g/mol. The summed E-state index contributed by atoms with van der Waals surface area (Å²) in [4.78, 5) is 37.9. The molecule has 9 nitrogen and oxygen atoms in total. The summed E-state index contributed by atoms with van der Waals surface area (Å²) in [7, 11) is 1.36. The Bertz CT molecular complexity index is 1970. The Morgan fingerprint density at radius 1 is 0.792 bits per heavy atom. The minimum atomic E-state index is -0.993. The molecule has 6 rings (SSSR count). The minimum Gasteiger partial charge on any atom is -0.488 e. The Balaban J connectivity index is 1.49. The van der Waals surface area contributed by atoms with Crippen LogP contribution in [0.1, 0.15) is 62.9 Å². The molecular weight excluding hydrogens is 666 g/mol. The van der Waals surface area contributed by atoms with Crippen LogP contribution in [0, 0.1) is 0 Å². The van der Waals surface area contributed by atoms with Crippen molar-refractivity contribution in [1.29, 1.82) is 0 Å². The lowest BCUT2D eigenvalue weighted by Crippen LogP contribution is -2.54. The van der Waals surface area contributed by atoms with Crippen LogP contribution in [0.2, 0.25) is 0 Å². The van der Waals surface area contributed by atoms with E-state index in [0.29, 0.717) is 19.0 Å². The summed E-state index contributed by atoms with van der Waals surface area (Å²) >= 11 is 0. The zero-order valence-corrected chi connectivity index (χ0v) is 31.5. The minimum absolute atomic E-state index is 0.130. The fourth-order valence-electron chi connectivity index (χ4n) is 7.17. The molecule has 9 heteroatoms. The van der Waals surface area contributed by atoms with Crippen LogP contribution in [-0.4, -0.2) is 71.6 Å². The standard InChI is InChI=1S/C44H49N3O6/c1-7-51-39(52-8-2)29-46(28-32-16-13-15-31-17-14-26-45-40(31)32)42(48)38(27-30-22-24-33(25-23-30)53-44(3,4)5)47(43(49)50-6)41-36-20-11-9-18-34(36)35-19-10-12-21-37(35)41/h9-26,38-39,41H,7-8,27-29H2,1-6H3. The topological polar surface area (TPSA) is 90.4 Å². The molecule has 0 fully saturated rings. The molecule has 1 aliphatic rings. The van der Waals surface area contributed by atoms with Gasteiger partial charge in [0.2, 0.25) is 5.91 Å². The van der Waals surface area contributed by atoms with Crippen molar-refractivity contribution in [2.45, 2.75) is 71.6 Å².